The number of carbonyl (C=O) groups excluding carboxylic acids is 1. The van der Waals surface area contributed by atoms with Crippen LogP contribution < -0.4 is 5.32 Å². The molecule has 0 spiro atoms. The molecule has 1 aromatic rings. The summed E-state index contributed by atoms with van der Waals surface area (Å²) in [7, 11) is 2.61. The molecule has 0 aliphatic rings. The predicted molar refractivity (Wildman–Crippen MR) is 73.7 cm³/mol. The molecule has 1 N–H and O–H groups in total. The fourth-order valence-corrected chi connectivity index (χ4v) is 3.13. The van der Waals surface area contributed by atoms with E-state index in [9.17, 15) is 13.2 Å². The molecule has 0 radical (unpaired) electrons. The fraction of sp³-hybridized carbons (Fsp3) is 0.300. The molecule has 0 bridgehead atoms. The van der Waals surface area contributed by atoms with E-state index >= 15 is 0 Å². The van der Waals surface area contributed by atoms with Crippen molar-refractivity contribution in [1.29, 1.82) is 0 Å². The van der Waals surface area contributed by atoms with E-state index in [1.165, 1.54) is 13.2 Å². The molecule has 1 rings (SSSR count). The third-order valence-electron chi connectivity index (χ3n) is 2.10. The maximum Gasteiger partial charge on any atom is 0.262 e. The van der Waals surface area contributed by atoms with Crippen molar-refractivity contribution >= 4 is 48.8 Å². The Morgan fingerprint density at radius 1 is 1.37 bits per heavy atom. The first-order valence-electron chi connectivity index (χ1n) is 4.98. The molecule has 0 atom stereocenters. The molecular formula is C10H10Cl3NO4S. The Morgan fingerprint density at radius 3 is 2.53 bits per heavy atom. The predicted octanol–water partition coefficient (Wildman–Crippen LogP) is 2.30. The number of rotatable bonds is 5. The van der Waals surface area contributed by atoms with Gasteiger partial charge in [0.1, 0.15) is 4.90 Å². The Balaban J connectivity index is 3.15. The molecule has 0 aliphatic heterocycles. The summed E-state index contributed by atoms with van der Waals surface area (Å²) in [5.74, 6) is -0.564. The van der Waals surface area contributed by atoms with Crippen LogP contribution in [0.4, 0.5) is 0 Å². The first kappa shape index (κ1) is 16.5. The number of ether oxygens (including phenoxy) is 1. The number of halogens is 3. The van der Waals surface area contributed by atoms with Gasteiger partial charge >= 0.3 is 0 Å². The highest BCUT2D eigenvalue weighted by Gasteiger charge is 2.22. The molecule has 5 nitrogen and oxygen atoms in total. The van der Waals surface area contributed by atoms with Crippen molar-refractivity contribution in [3.63, 3.8) is 0 Å². The molecule has 1 aromatic carbocycles. The number of nitrogens with one attached hydrogen (secondary N) is 1. The average Bonchev–Trinajstić information content (AvgIpc) is 2.30. The van der Waals surface area contributed by atoms with E-state index in [1.807, 2.05) is 0 Å². The smallest absolute Gasteiger partial charge is 0.262 e. The number of hydrogen-bond donors (Lipinski definition) is 1. The molecule has 1 amide bonds. The van der Waals surface area contributed by atoms with Crippen molar-refractivity contribution in [2.45, 2.75) is 4.90 Å². The normalized spacial score (nSPS) is 11.4. The minimum absolute atomic E-state index is 0.0421. The number of carbonyl (C=O) groups is 1. The molecule has 0 aromatic heterocycles. The van der Waals surface area contributed by atoms with Crippen LogP contribution in [0.2, 0.25) is 10.0 Å². The maximum atomic E-state index is 11.8. The Labute approximate surface area is 125 Å². The Kier molecular flexibility index (Phi) is 5.88. The van der Waals surface area contributed by atoms with Crippen LogP contribution in [0.1, 0.15) is 10.4 Å². The molecule has 0 heterocycles. The lowest BCUT2D eigenvalue weighted by Crippen LogP contribution is -2.27. The number of hydrogen-bond acceptors (Lipinski definition) is 4. The minimum atomic E-state index is -4.09. The SMILES string of the molecule is COCCNC(=O)c1cc(Cl)cc(S(=O)(=O)Cl)c1Cl. The van der Waals surface area contributed by atoms with E-state index in [2.05, 4.69) is 5.32 Å². The van der Waals surface area contributed by atoms with Gasteiger partial charge in [-0.3, -0.25) is 4.79 Å². The molecule has 9 heteroatoms. The summed E-state index contributed by atoms with van der Waals surface area (Å²) < 4.78 is 27.4. The van der Waals surface area contributed by atoms with Crippen LogP contribution in [-0.4, -0.2) is 34.6 Å². The highest BCUT2D eigenvalue weighted by Crippen LogP contribution is 2.31. The van der Waals surface area contributed by atoms with E-state index in [4.69, 9.17) is 38.6 Å². The van der Waals surface area contributed by atoms with Gasteiger partial charge in [-0.25, -0.2) is 8.42 Å². The monoisotopic (exact) mass is 345 g/mol. The van der Waals surface area contributed by atoms with Gasteiger partial charge in [0.15, 0.2) is 0 Å². The van der Waals surface area contributed by atoms with Crippen molar-refractivity contribution in [1.82, 2.24) is 5.32 Å². The van der Waals surface area contributed by atoms with Crippen LogP contribution in [0.3, 0.4) is 0 Å². The van der Waals surface area contributed by atoms with Gasteiger partial charge in [-0.15, -0.1) is 0 Å². The van der Waals surface area contributed by atoms with Gasteiger partial charge in [-0.2, -0.15) is 0 Å². The van der Waals surface area contributed by atoms with E-state index in [0.717, 1.165) is 6.07 Å². The Bertz CT molecular complexity index is 589. The highest BCUT2D eigenvalue weighted by molar-refractivity contribution is 8.13. The summed E-state index contributed by atoms with van der Waals surface area (Å²) in [6.45, 7) is 0.561. The highest BCUT2D eigenvalue weighted by atomic mass is 35.7. The van der Waals surface area contributed by atoms with E-state index < -0.39 is 19.9 Å². The molecule has 0 unspecified atom stereocenters. The van der Waals surface area contributed by atoms with E-state index in [-0.39, 0.29) is 22.2 Å². The summed E-state index contributed by atoms with van der Waals surface area (Å²) in [5, 5.41) is 2.27. The minimum Gasteiger partial charge on any atom is -0.383 e. The second kappa shape index (κ2) is 6.76. The lowest BCUT2D eigenvalue weighted by atomic mass is 10.2. The van der Waals surface area contributed by atoms with Crippen molar-refractivity contribution < 1.29 is 17.9 Å². The maximum absolute atomic E-state index is 11.8. The zero-order valence-corrected chi connectivity index (χ0v) is 12.8. The molecular weight excluding hydrogens is 337 g/mol. The zero-order chi connectivity index (χ0) is 14.6. The number of amides is 1. The van der Waals surface area contributed by atoms with E-state index in [1.54, 1.807) is 0 Å². The van der Waals surface area contributed by atoms with Gasteiger partial charge in [0.25, 0.3) is 15.0 Å². The summed E-state index contributed by atoms with van der Waals surface area (Å²) in [6.07, 6.45) is 0. The van der Waals surface area contributed by atoms with Gasteiger partial charge in [0, 0.05) is 29.4 Å². The van der Waals surface area contributed by atoms with Crippen molar-refractivity contribution in [2.24, 2.45) is 0 Å². The second-order valence-electron chi connectivity index (χ2n) is 3.45. The van der Waals surface area contributed by atoms with Crippen LogP contribution in [0, 0.1) is 0 Å². The van der Waals surface area contributed by atoms with Crippen LogP contribution in [-0.2, 0) is 13.8 Å². The van der Waals surface area contributed by atoms with E-state index in [0.29, 0.717) is 6.61 Å². The summed E-state index contributed by atoms with van der Waals surface area (Å²) in [5.41, 5.74) is -0.0653. The fourth-order valence-electron chi connectivity index (χ4n) is 1.27. The topological polar surface area (TPSA) is 72.5 Å². The first-order chi connectivity index (χ1) is 8.77. The number of benzene rings is 1. The Hall–Kier alpha value is -0.530. The van der Waals surface area contributed by atoms with Crippen molar-refractivity contribution in [2.75, 3.05) is 20.3 Å². The van der Waals surface area contributed by atoms with Crippen LogP contribution in [0.5, 0.6) is 0 Å². The summed E-state index contributed by atoms with van der Waals surface area (Å²) in [6, 6.07) is 2.34. The molecule has 19 heavy (non-hydrogen) atoms. The van der Waals surface area contributed by atoms with Crippen LogP contribution in [0.25, 0.3) is 0 Å². The standard InChI is InChI=1S/C10H10Cl3NO4S/c1-18-3-2-14-10(15)7-4-6(11)5-8(9(7)12)19(13,16)17/h4-5H,2-3H2,1H3,(H,14,15). The lowest BCUT2D eigenvalue weighted by Gasteiger charge is -2.09. The molecule has 0 saturated carbocycles. The third-order valence-corrected chi connectivity index (χ3v) is 4.19. The zero-order valence-electron chi connectivity index (χ0n) is 9.74. The molecule has 0 aliphatic carbocycles. The summed E-state index contributed by atoms with van der Waals surface area (Å²) >= 11 is 11.6. The molecule has 106 valence electrons. The largest absolute Gasteiger partial charge is 0.383 e. The lowest BCUT2D eigenvalue weighted by molar-refractivity contribution is 0.0937. The quantitative estimate of drug-likeness (QED) is 0.656. The third kappa shape index (κ3) is 4.50. The average molecular weight is 347 g/mol. The van der Waals surface area contributed by atoms with Crippen LogP contribution in [0.15, 0.2) is 17.0 Å². The van der Waals surface area contributed by atoms with Gasteiger partial charge < -0.3 is 10.1 Å². The Morgan fingerprint density at radius 2 is 2.00 bits per heavy atom. The number of methoxy groups -OCH3 is 1. The molecule has 0 saturated heterocycles. The van der Waals surface area contributed by atoms with Gasteiger partial charge in [0.05, 0.1) is 17.2 Å². The van der Waals surface area contributed by atoms with Crippen molar-refractivity contribution in [3.8, 4) is 0 Å². The summed E-state index contributed by atoms with van der Waals surface area (Å²) in [4.78, 5) is 11.4. The van der Waals surface area contributed by atoms with Gasteiger partial charge in [0.2, 0.25) is 0 Å². The second-order valence-corrected chi connectivity index (χ2v) is 6.80. The first-order valence-corrected chi connectivity index (χ1v) is 8.04. The van der Waals surface area contributed by atoms with Crippen molar-refractivity contribution in [3.05, 3.63) is 27.7 Å². The van der Waals surface area contributed by atoms with Gasteiger partial charge in [-0.1, -0.05) is 23.2 Å². The van der Waals surface area contributed by atoms with Gasteiger partial charge in [-0.05, 0) is 12.1 Å². The van der Waals surface area contributed by atoms with Crippen LogP contribution >= 0.6 is 33.9 Å². The molecule has 0 fully saturated rings.